The molecule has 2 atom stereocenters. The van der Waals surface area contributed by atoms with E-state index in [1.165, 1.54) is 23.6 Å². The molecule has 2 N–H and O–H groups in total. The van der Waals surface area contributed by atoms with Crippen LogP contribution in [-0.4, -0.2) is 44.3 Å². The zero-order chi connectivity index (χ0) is 19.2. The van der Waals surface area contributed by atoms with Gasteiger partial charge in [0.25, 0.3) is 0 Å². The number of carbonyl (C=O) groups excluding carboxylic acids is 1. The third-order valence-electron chi connectivity index (χ3n) is 5.11. The number of carbonyl (C=O) groups is 1. The molecular weight excluding hydrogens is 350 g/mol. The fourth-order valence-corrected chi connectivity index (χ4v) is 4.89. The lowest BCUT2D eigenvalue weighted by Gasteiger charge is -2.29. The molecule has 1 fully saturated rings. The van der Waals surface area contributed by atoms with Crippen molar-refractivity contribution in [1.82, 2.24) is 9.62 Å². The van der Waals surface area contributed by atoms with E-state index < -0.39 is 10.0 Å². The monoisotopic (exact) mass is 381 g/mol. The minimum absolute atomic E-state index is 0.0245. The van der Waals surface area contributed by atoms with Crippen LogP contribution in [0.5, 0.6) is 0 Å². The van der Waals surface area contributed by atoms with E-state index in [1.807, 2.05) is 13.8 Å². The molecule has 1 aromatic carbocycles. The van der Waals surface area contributed by atoms with Crippen molar-refractivity contribution in [3.05, 3.63) is 24.3 Å². The summed E-state index contributed by atoms with van der Waals surface area (Å²) in [5.74, 6) is 0.501. The first-order valence-electron chi connectivity index (χ1n) is 9.52. The lowest BCUT2D eigenvalue weighted by atomic mass is 9.86. The first kappa shape index (κ1) is 20.7. The Kier molecular flexibility index (Phi) is 7.46. The highest BCUT2D eigenvalue weighted by molar-refractivity contribution is 7.89. The number of anilines is 1. The second kappa shape index (κ2) is 9.37. The molecule has 0 aromatic heterocycles. The molecule has 0 spiro atoms. The summed E-state index contributed by atoms with van der Waals surface area (Å²) in [5, 5.41) is 6.16. The van der Waals surface area contributed by atoms with Crippen LogP contribution in [0, 0.1) is 5.92 Å². The largest absolute Gasteiger partial charge is 0.376 e. The summed E-state index contributed by atoms with van der Waals surface area (Å²) in [6, 6.07) is 6.83. The van der Waals surface area contributed by atoms with E-state index in [1.54, 1.807) is 24.3 Å². The van der Waals surface area contributed by atoms with Crippen LogP contribution in [0.2, 0.25) is 0 Å². The summed E-state index contributed by atoms with van der Waals surface area (Å²) in [4.78, 5) is 12.4. The maximum atomic E-state index is 12.5. The van der Waals surface area contributed by atoms with Gasteiger partial charge in [-0.05, 0) is 43.0 Å². The van der Waals surface area contributed by atoms with E-state index in [0.29, 0.717) is 19.0 Å². The van der Waals surface area contributed by atoms with Gasteiger partial charge in [0, 0.05) is 24.8 Å². The zero-order valence-electron chi connectivity index (χ0n) is 16.0. The fraction of sp³-hybridized carbons (Fsp3) is 0.632. The van der Waals surface area contributed by atoms with Crippen LogP contribution in [0.4, 0.5) is 5.69 Å². The average Bonchev–Trinajstić information content (AvgIpc) is 2.63. The molecular formula is C19H31N3O3S. The van der Waals surface area contributed by atoms with Crippen molar-refractivity contribution in [3.63, 3.8) is 0 Å². The molecule has 7 heteroatoms. The van der Waals surface area contributed by atoms with Crippen molar-refractivity contribution >= 4 is 21.6 Å². The minimum Gasteiger partial charge on any atom is -0.376 e. The van der Waals surface area contributed by atoms with E-state index in [-0.39, 0.29) is 23.4 Å². The maximum absolute atomic E-state index is 12.5. The lowest BCUT2D eigenvalue weighted by molar-refractivity contribution is -0.120. The number of hydrogen-bond donors (Lipinski definition) is 2. The SMILES string of the molecule is CCN(CC)S(=O)(=O)c1ccc(NCC(=O)NC2CCCCC2C)cc1. The Labute approximate surface area is 157 Å². The third kappa shape index (κ3) is 5.20. The number of sulfonamides is 1. The molecule has 2 unspecified atom stereocenters. The van der Waals surface area contributed by atoms with E-state index in [4.69, 9.17) is 0 Å². The Hall–Kier alpha value is -1.60. The summed E-state index contributed by atoms with van der Waals surface area (Å²) in [5.41, 5.74) is 0.732. The average molecular weight is 382 g/mol. The summed E-state index contributed by atoms with van der Waals surface area (Å²) in [6.07, 6.45) is 4.63. The van der Waals surface area contributed by atoms with Crippen molar-refractivity contribution in [2.24, 2.45) is 5.92 Å². The van der Waals surface area contributed by atoms with Gasteiger partial charge >= 0.3 is 0 Å². The molecule has 1 aliphatic rings. The highest BCUT2D eigenvalue weighted by Crippen LogP contribution is 2.23. The molecule has 2 rings (SSSR count). The molecule has 0 heterocycles. The van der Waals surface area contributed by atoms with Gasteiger partial charge < -0.3 is 10.6 Å². The first-order valence-corrected chi connectivity index (χ1v) is 11.0. The predicted octanol–water partition coefficient (Wildman–Crippen LogP) is 2.82. The highest BCUT2D eigenvalue weighted by atomic mass is 32.2. The number of rotatable bonds is 8. The molecule has 0 bridgehead atoms. The Morgan fingerprint density at radius 2 is 1.73 bits per heavy atom. The molecule has 1 aromatic rings. The second-order valence-electron chi connectivity index (χ2n) is 6.90. The van der Waals surface area contributed by atoms with Gasteiger partial charge in [-0.25, -0.2) is 8.42 Å². The lowest BCUT2D eigenvalue weighted by Crippen LogP contribution is -2.43. The van der Waals surface area contributed by atoms with Crippen molar-refractivity contribution in [2.75, 3.05) is 25.0 Å². The number of benzene rings is 1. The number of hydrogen-bond acceptors (Lipinski definition) is 4. The zero-order valence-corrected chi connectivity index (χ0v) is 16.8. The van der Waals surface area contributed by atoms with Crippen LogP contribution in [0.15, 0.2) is 29.2 Å². The van der Waals surface area contributed by atoms with Crippen LogP contribution in [0.3, 0.4) is 0 Å². The molecule has 1 aliphatic carbocycles. The Bertz CT molecular complexity index is 684. The van der Waals surface area contributed by atoms with Crippen LogP contribution < -0.4 is 10.6 Å². The smallest absolute Gasteiger partial charge is 0.243 e. The van der Waals surface area contributed by atoms with Crippen LogP contribution in [0.25, 0.3) is 0 Å². The van der Waals surface area contributed by atoms with Gasteiger partial charge in [0.15, 0.2) is 0 Å². The maximum Gasteiger partial charge on any atom is 0.243 e. The van der Waals surface area contributed by atoms with Crippen LogP contribution in [-0.2, 0) is 14.8 Å². The first-order chi connectivity index (χ1) is 12.4. The third-order valence-corrected chi connectivity index (χ3v) is 7.17. The van der Waals surface area contributed by atoms with Crippen molar-refractivity contribution < 1.29 is 13.2 Å². The quantitative estimate of drug-likeness (QED) is 0.726. The molecule has 1 saturated carbocycles. The Morgan fingerprint density at radius 1 is 1.12 bits per heavy atom. The summed E-state index contributed by atoms with van der Waals surface area (Å²) >= 11 is 0. The van der Waals surface area contributed by atoms with Crippen LogP contribution >= 0.6 is 0 Å². The van der Waals surface area contributed by atoms with E-state index in [9.17, 15) is 13.2 Å². The van der Waals surface area contributed by atoms with Crippen molar-refractivity contribution in [1.29, 1.82) is 0 Å². The van der Waals surface area contributed by atoms with Gasteiger partial charge in [-0.1, -0.05) is 33.6 Å². The normalized spacial score (nSPS) is 20.8. The molecule has 0 radical (unpaired) electrons. The minimum atomic E-state index is -3.45. The molecule has 146 valence electrons. The number of amides is 1. The molecule has 0 aliphatic heterocycles. The summed E-state index contributed by atoms with van der Waals surface area (Å²) in [7, 11) is -3.45. The standard InChI is InChI=1S/C19H31N3O3S/c1-4-22(5-2)26(24,25)17-12-10-16(11-13-17)20-14-19(23)21-18-9-7-6-8-15(18)3/h10-13,15,18,20H,4-9,14H2,1-3H3,(H,21,23). The summed E-state index contributed by atoms with van der Waals surface area (Å²) in [6.45, 7) is 6.90. The van der Waals surface area contributed by atoms with E-state index >= 15 is 0 Å². The number of nitrogens with one attached hydrogen (secondary N) is 2. The Balaban J connectivity index is 1.90. The van der Waals surface area contributed by atoms with Gasteiger partial charge in [-0.2, -0.15) is 4.31 Å². The molecule has 26 heavy (non-hydrogen) atoms. The van der Waals surface area contributed by atoms with E-state index in [0.717, 1.165) is 12.1 Å². The predicted molar refractivity (Wildman–Crippen MR) is 105 cm³/mol. The second-order valence-corrected chi connectivity index (χ2v) is 8.84. The highest BCUT2D eigenvalue weighted by Gasteiger charge is 2.23. The topological polar surface area (TPSA) is 78.5 Å². The van der Waals surface area contributed by atoms with Gasteiger partial charge in [-0.15, -0.1) is 0 Å². The van der Waals surface area contributed by atoms with E-state index in [2.05, 4.69) is 17.6 Å². The van der Waals surface area contributed by atoms with Gasteiger partial charge in [0.05, 0.1) is 11.4 Å². The van der Waals surface area contributed by atoms with Gasteiger partial charge in [0.1, 0.15) is 0 Å². The summed E-state index contributed by atoms with van der Waals surface area (Å²) < 4.78 is 26.4. The number of nitrogens with zero attached hydrogens (tertiary/aromatic N) is 1. The van der Waals surface area contributed by atoms with Crippen LogP contribution in [0.1, 0.15) is 46.5 Å². The van der Waals surface area contributed by atoms with Gasteiger partial charge in [-0.3, -0.25) is 4.79 Å². The van der Waals surface area contributed by atoms with Crippen molar-refractivity contribution in [3.8, 4) is 0 Å². The fourth-order valence-electron chi connectivity index (χ4n) is 3.43. The van der Waals surface area contributed by atoms with Gasteiger partial charge in [0.2, 0.25) is 15.9 Å². The Morgan fingerprint density at radius 3 is 2.31 bits per heavy atom. The molecule has 1 amide bonds. The van der Waals surface area contributed by atoms with Crippen molar-refractivity contribution in [2.45, 2.75) is 57.4 Å². The molecule has 6 nitrogen and oxygen atoms in total. The molecule has 0 saturated heterocycles.